The SMILES string of the molecule is CC(N)c1nc(Cc2c(Cl)cccc2Cl)no1. The maximum Gasteiger partial charge on any atom is 0.243 e. The second kappa shape index (κ2) is 5.04. The largest absolute Gasteiger partial charge is 0.338 e. The van der Waals surface area contributed by atoms with E-state index in [4.69, 9.17) is 33.5 Å². The molecule has 0 saturated heterocycles. The molecule has 2 N–H and O–H groups in total. The summed E-state index contributed by atoms with van der Waals surface area (Å²) in [5, 5.41) is 5.01. The number of aromatic nitrogens is 2. The van der Waals surface area contributed by atoms with Gasteiger partial charge in [0, 0.05) is 16.5 Å². The van der Waals surface area contributed by atoms with Gasteiger partial charge < -0.3 is 10.3 Å². The van der Waals surface area contributed by atoms with Gasteiger partial charge in [-0.1, -0.05) is 34.4 Å². The Labute approximate surface area is 109 Å². The van der Waals surface area contributed by atoms with E-state index in [1.165, 1.54) is 0 Å². The fourth-order valence-corrected chi connectivity index (χ4v) is 1.91. The van der Waals surface area contributed by atoms with Crippen molar-refractivity contribution in [3.8, 4) is 0 Å². The zero-order valence-corrected chi connectivity index (χ0v) is 10.7. The monoisotopic (exact) mass is 271 g/mol. The molecule has 1 atom stereocenters. The smallest absolute Gasteiger partial charge is 0.243 e. The second-order valence-corrected chi connectivity index (χ2v) is 4.53. The lowest BCUT2D eigenvalue weighted by molar-refractivity contribution is 0.358. The molecule has 1 aromatic heterocycles. The maximum atomic E-state index is 6.05. The van der Waals surface area contributed by atoms with Crippen molar-refractivity contribution in [2.24, 2.45) is 5.73 Å². The number of halogens is 2. The van der Waals surface area contributed by atoms with Gasteiger partial charge in [-0.2, -0.15) is 4.98 Å². The van der Waals surface area contributed by atoms with Crippen molar-refractivity contribution in [2.75, 3.05) is 0 Å². The fraction of sp³-hybridized carbons (Fsp3) is 0.273. The zero-order chi connectivity index (χ0) is 12.4. The Morgan fingerprint density at radius 2 is 2.00 bits per heavy atom. The standard InChI is InChI=1S/C11H11Cl2N3O/c1-6(14)11-15-10(16-17-11)5-7-8(12)3-2-4-9(7)13/h2-4,6H,5,14H2,1H3. The highest BCUT2D eigenvalue weighted by molar-refractivity contribution is 6.36. The molecule has 4 nitrogen and oxygen atoms in total. The number of hydrogen-bond acceptors (Lipinski definition) is 4. The molecule has 0 aliphatic rings. The average Bonchev–Trinajstić information content (AvgIpc) is 2.72. The number of nitrogens with zero attached hydrogens (tertiary/aromatic N) is 2. The Kier molecular flexibility index (Phi) is 3.66. The molecule has 2 rings (SSSR count). The van der Waals surface area contributed by atoms with Crippen LogP contribution in [0.3, 0.4) is 0 Å². The van der Waals surface area contributed by atoms with E-state index in [1.54, 1.807) is 25.1 Å². The summed E-state index contributed by atoms with van der Waals surface area (Å²) in [6.45, 7) is 1.78. The van der Waals surface area contributed by atoms with E-state index in [1.807, 2.05) is 0 Å². The normalized spacial score (nSPS) is 12.7. The Hall–Kier alpha value is -1.10. The van der Waals surface area contributed by atoms with E-state index in [-0.39, 0.29) is 6.04 Å². The van der Waals surface area contributed by atoms with Crippen LogP contribution in [-0.4, -0.2) is 10.1 Å². The van der Waals surface area contributed by atoms with Gasteiger partial charge in [0.15, 0.2) is 5.82 Å². The molecular formula is C11H11Cl2N3O. The van der Waals surface area contributed by atoms with Crippen molar-refractivity contribution in [2.45, 2.75) is 19.4 Å². The van der Waals surface area contributed by atoms with Crippen molar-refractivity contribution in [3.05, 3.63) is 45.5 Å². The van der Waals surface area contributed by atoms with Crippen LogP contribution in [-0.2, 0) is 6.42 Å². The van der Waals surface area contributed by atoms with Gasteiger partial charge in [-0.25, -0.2) is 0 Å². The number of rotatable bonds is 3. The summed E-state index contributed by atoms with van der Waals surface area (Å²) in [6.07, 6.45) is 0.425. The van der Waals surface area contributed by atoms with E-state index in [0.717, 1.165) is 5.56 Å². The van der Waals surface area contributed by atoms with Crippen molar-refractivity contribution in [1.29, 1.82) is 0 Å². The molecule has 0 bridgehead atoms. The van der Waals surface area contributed by atoms with Crippen molar-refractivity contribution in [1.82, 2.24) is 10.1 Å². The number of nitrogens with two attached hydrogens (primary N) is 1. The first-order chi connectivity index (χ1) is 8.08. The van der Waals surface area contributed by atoms with E-state index in [9.17, 15) is 0 Å². The first-order valence-electron chi connectivity index (χ1n) is 5.09. The highest BCUT2D eigenvalue weighted by atomic mass is 35.5. The fourth-order valence-electron chi connectivity index (χ4n) is 1.38. The molecule has 0 aliphatic heterocycles. The molecule has 90 valence electrons. The van der Waals surface area contributed by atoms with Gasteiger partial charge >= 0.3 is 0 Å². The first-order valence-corrected chi connectivity index (χ1v) is 5.84. The first kappa shape index (κ1) is 12.4. The third-order valence-corrected chi connectivity index (χ3v) is 2.98. The van der Waals surface area contributed by atoms with Crippen LogP contribution in [0.15, 0.2) is 22.7 Å². The van der Waals surface area contributed by atoms with E-state index in [2.05, 4.69) is 10.1 Å². The minimum absolute atomic E-state index is 0.280. The summed E-state index contributed by atoms with van der Waals surface area (Å²) >= 11 is 12.1. The molecule has 1 unspecified atom stereocenters. The number of benzene rings is 1. The van der Waals surface area contributed by atoms with Crippen LogP contribution in [0.4, 0.5) is 0 Å². The van der Waals surface area contributed by atoms with Crippen LogP contribution in [0.5, 0.6) is 0 Å². The minimum atomic E-state index is -0.280. The lowest BCUT2D eigenvalue weighted by Crippen LogP contribution is -2.05. The quantitative estimate of drug-likeness (QED) is 0.932. The van der Waals surface area contributed by atoms with Gasteiger partial charge in [0.25, 0.3) is 0 Å². The molecule has 1 aromatic carbocycles. The molecule has 0 spiro atoms. The van der Waals surface area contributed by atoms with Crippen LogP contribution in [0.2, 0.25) is 10.0 Å². The molecule has 0 aliphatic carbocycles. The van der Waals surface area contributed by atoms with Crippen LogP contribution in [0.1, 0.15) is 30.2 Å². The molecule has 0 amide bonds. The van der Waals surface area contributed by atoms with Crippen LogP contribution in [0, 0.1) is 0 Å². The van der Waals surface area contributed by atoms with E-state index < -0.39 is 0 Å². The van der Waals surface area contributed by atoms with Crippen molar-refractivity contribution >= 4 is 23.2 Å². The highest BCUT2D eigenvalue weighted by Gasteiger charge is 2.13. The molecule has 17 heavy (non-hydrogen) atoms. The summed E-state index contributed by atoms with van der Waals surface area (Å²) in [5.74, 6) is 0.926. The highest BCUT2D eigenvalue weighted by Crippen LogP contribution is 2.26. The predicted molar refractivity (Wildman–Crippen MR) is 66.2 cm³/mol. The number of hydrogen-bond donors (Lipinski definition) is 1. The van der Waals surface area contributed by atoms with Crippen molar-refractivity contribution in [3.63, 3.8) is 0 Å². The predicted octanol–water partition coefficient (Wildman–Crippen LogP) is 2.99. The molecule has 0 saturated carbocycles. The van der Waals surface area contributed by atoms with Crippen LogP contribution >= 0.6 is 23.2 Å². The van der Waals surface area contributed by atoms with E-state index >= 15 is 0 Å². The summed E-state index contributed by atoms with van der Waals surface area (Å²) in [4.78, 5) is 4.17. The second-order valence-electron chi connectivity index (χ2n) is 3.71. The van der Waals surface area contributed by atoms with Crippen LogP contribution < -0.4 is 5.73 Å². The Morgan fingerprint density at radius 3 is 2.53 bits per heavy atom. The lowest BCUT2D eigenvalue weighted by Gasteiger charge is -2.03. The van der Waals surface area contributed by atoms with Gasteiger partial charge in [0.2, 0.25) is 5.89 Å². The summed E-state index contributed by atoms with van der Waals surface area (Å²) in [7, 11) is 0. The maximum absolute atomic E-state index is 6.05. The van der Waals surface area contributed by atoms with Gasteiger partial charge in [-0.15, -0.1) is 0 Å². The van der Waals surface area contributed by atoms with E-state index in [0.29, 0.717) is 28.2 Å². The molecule has 0 fully saturated rings. The average molecular weight is 272 g/mol. The Morgan fingerprint density at radius 1 is 1.35 bits per heavy atom. The molecule has 2 aromatic rings. The third-order valence-electron chi connectivity index (χ3n) is 2.27. The molecular weight excluding hydrogens is 261 g/mol. The van der Waals surface area contributed by atoms with Gasteiger partial charge in [-0.05, 0) is 24.6 Å². The zero-order valence-electron chi connectivity index (χ0n) is 9.15. The Balaban J connectivity index is 2.25. The van der Waals surface area contributed by atoms with Gasteiger partial charge in [0.1, 0.15) is 0 Å². The lowest BCUT2D eigenvalue weighted by atomic mass is 10.1. The molecule has 1 heterocycles. The van der Waals surface area contributed by atoms with Crippen molar-refractivity contribution < 1.29 is 4.52 Å². The molecule has 0 radical (unpaired) electrons. The summed E-state index contributed by atoms with van der Waals surface area (Å²) in [6, 6.07) is 5.06. The third kappa shape index (κ3) is 2.77. The summed E-state index contributed by atoms with van der Waals surface area (Å²) < 4.78 is 5.01. The molecule has 6 heteroatoms. The van der Waals surface area contributed by atoms with Crippen LogP contribution in [0.25, 0.3) is 0 Å². The Bertz CT molecular complexity index is 505. The van der Waals surface area contributed by atoms with Gasteiger partial charge in [0.05, 0.1) is 6.04 Å². The summed E-state index contributed by atoms with van der Waals surface area (Å²) in [5.41, 5.74) is 6.42. The van der Waals surface area contributed by atoms with Gasteiger partial charge in [-0.3, -0.25) is 0 Å². The minimum Gasteiger partial charge on any atom is -0.338 e. The topological polar surface area (TPSA) is 64.9 Å².